The Morgan fingerprint density at radius 3 is 2.79 bits per heavy atom. The van der Waals surface area contributed by atoms with E-state index in [9.17, 15) is 4.79 Å². The van der Waals surface area contributed by atoms with Crippen molar-refractivity contribution < 1.29 is 9.53 Å². The van der Waals surface area contributed by atoms with Crippen LogP contribution in [0, 0.1) is 5.92 Å². The summed E-state index contributed by atoms with van der Waals surface area (Å²) in [5.74, 6) is 0.560. The molecule has 0 radical (unpaired) electrons. The van der Waals surface area contributed by atoms with Gasteiger partial charge in [-0.25, -0.2) is 4.98 Å². The molecule has 0 saturated heterocycles. The van der Waals surface area contributed by atoms with Crippen LogP contribution in [0.4, 0.5) is 0 Å². The molecule has 0 fully saturated rings. The normalized spacial score (nSPS) is 13.1. The number of halogens is 1. The number of rotatable bonds is 6. The summed E-state index contributed by atoms with van der Waals surface area (Å²) < 4.78 is 5.02. The zero-order valence-electron chi connectivity index (χ0n) is 11.6. The Morgan fingerprint density at radius 1 is 1.53 bits per heavy atom. The minimum atomic E-state index is -0.472. The number of aromatic nitrogens is 1. The van der Waals surface area contributed by atoms with E-state index in [2.05, 4.69) is 10.3 Å². The van der Waals surface area contributed by atoms with Crippen molar-refractivity contribution in [3.8, 4) is 5.88 Å². The van der Waals surface area contributed by atoms with Crippen LogP contribution in [0.3, 0.4) is 0 Å². The van der Waals surface area contributed by atoms with E-state index in [1.807, 2.05) is 26.0 Å². The number of hydrogen-bond donors (Lipinski definition) is 2. The fourth-order valence-corrected chi connectivity index (χ4v) is 1.48. The van der Waals surface area contributed by atoms with Crippen LogP contribution >= 0.6 is 12.4 Å². The topological polar surface area (TPSA) is 77.2 Å². The van der Waals surface area contributed by atoms with Crippen molar-refractivity contribution in [2.45, 2.75) is 32.9 Å². The van der Waals surface area contributed by atoms with Crippen molar-refractivity contribution in [3.05, 3.63) is 23.9 Å². The van der Waals surface area contributed by atoms with Gasteiger partial charge in [-0.05, 0) is 12.0 Å². The van der Waals surface area contributed by atoms with Crippen molar-refractivity contribution in [2.24, 2.45) is 11.7 Å². The molecule has 108 valence electrons. The molecule has 1 heterocycles. The van der Waals surface area contributed by atoms with Crippen LogP contribution in [0.5, 0.6) is 5.88 Å². The molecule has 0 aliphatic carbocycles. The second kappa shape index (κ2) is 8.72. The number of nitrogens with zero attached hydrogens (tertiary/aromatic N) is 1. The standard InChI is InChI=1S/C13H21N3O2.ClH/c1-4-9(2)12(14)13(17)15-8-10-6-5-7-11(16-10)18-3;/h5-7,9,12H,4,8,14H2,1-3H3,(H,15,17);1H. The van der Waals surface area contributed by atoms with E-state index >= 15 is 0 Å². The molecule has 1 amide bonds. The SMILES string of the molecule is CCC(C)C(N)C(=O)NCc1cccc(OC)n1.Cl. The molecule has 0 saturated carbocycles. The van der Waals surface area contributed by atoms with Gasteiger partial charge in [0.2, 0.25) is 11.8 Å². The second-order valence-electron chi connectivity index (χ2n) is 4.30. The third-order valence-electron chi connectivity index (χ3n) is 2.99. The van der Waals surface area contributed by atoms with Gasteiger partial charge in [0, 0.05) is 6.07 Å². The Hall–Kier alpha value is -1.33. The molecule has 2 atom stereocenters. The Balaban J connectivity index is 0.00000324. The lowest BCUT2D eigenvalue weighted by molar-refractivity contribution is -0.123. The minimum absolute atomic E-state index is 0. The lowest BCUT2D eigenvalue weighted by atomic mass is 9.99. The van der Waals surface area contributed by atoms with Crippen LogP contribution in [0.2, 0.25) is 0 Å². The highest BCUT2D eigenvalue weighted by atomic mass is 35.5. The first-order valence-corrected chi connectivity index (χ1v) is 6.11. The number of pyridine rings is 1. The van der Waals surface area contributed by atoms with Gasteiger partial charge in [0.1, 0.15) is 0 Å². The molecule has 0 aliphatic heterocycles. The van der Waals surface area contributed by atoms with E-state index in [1.165, 1.54) is 0 Å². The summed E-state index contributed by atoms with van der Waals surface area (Å²) in [5, 5.41) is 2.78. The molecule has 5 nitrogen and oxygen atoms in total. The second-order valence-corrected chi connectivity index (χ2v) is 4.30. The maximum Gasteiger partial charge on any atom is 0.237 e. The molecular formula is C13H22ClN3O2. The molecule has 6 heteroatoms. The molecule has 2 unspecified atom stereocenters. The molecule has 0 aliphatic rings. The van der Waals surface area contributed by atoms with Crippen LogP contribution < -0.4 is 15.8 Å². The zero-order chi connectivity index (χ0) is 13.5. The van der Waals surface area contributed by atoms with E-state index < -0.39 is 6.04 Å². The number of ether oxygens (including phenoxy) is 1. The number of carbonyl (C=O) groups excluding carboxylic acids is 1. The molecular weight excluding hydrogens is 266 g/mol. The number of carbonyl (C=O) groups is 1. The average molecular weight is 288 g/mol. The maximum atomic E-state index is 11.8. The van der Waals surface area contributed by atoms with Gasteiger partial charge in [0.25, 0.3) is 0 Å². The summed E-state index contributed by atoms with van der Waals surface area (Å²) >= 11 is 0. The highest BCUT2D eigenvalue weighted by Crippen LogP contribution is 2.07. The third-order valence-corrected chi connectivity index (χ3v) is 2.99. The summed E-state index contributed by atoms with van der Waals surface area (Å²) in [6.07, 6.45) is 0.881. The maximum absolute atomic E-state index is 11.8. The molecule has 0 aromatic carbocycles. The first kappa shape index (κ1) is 17.7. The zero-order valence-corrected chi connectivity index (χ0v) is 12.4. The molecule has 0 bridgehead atoms. The lowest BCUT2D eigenvalue weighted by Gasteiger charge is -2.17. The number of nitrogens with one attached hydrogen (secondary N) is 1. The van der Waals surface area contributed by atoms with Gasteiger partial charge in [-0.3, -0.25) is 4.79 Å². The predicted molar refractivity (Wildman–Crippen MR) is 77.3 cm³/mol. The van der Waals surface area contributed by atoms with Gasteiger partial charge >= 0.3 is 0 Å². The Bertz CT molecular complexity index is 401. The highest BCUT2D eigenvalue weighted by Gasteiger charge is 2.18. The van der Waals surface area contributed by atoms with E-state index in [4.69, 9.17) is 10.5 Å². The number of amides is 1. The van der Waals surface area contributed by atoms with E-state index in [-0.39, 0.29) is 24.2 Å². The summed E-state index contributed by atoms with van der Waals surface area (Å²) in [6.45, 7) is 4.34. The minimum Gasteiger partial charge on any atom is -0.481 e. The van der Waals surface area contributed by atoms with Crippen molar-refractivity contribution >= 4 is 18.3 Å². The quantitative estimate of drug-likeness (QED) is 0.831. The van der Waals surface area contributed by atoms with E-state index in [0.717, 1.165) is 12.1 Å². The summed E-state index contributed by atoms with van der Waals surface area (Å²) in [4.78, 5) is 16.0. The first-order valence-electron chi connectivity index (χ1n) is 6.11. The lowest BCUT2D eigenvalue weighted by Crippen LogP contribution is -2.44. The van der Waals surface area contributed by atoms with Crippen LogP contribution in [-0.2, 0) is 11.3 Å². The van der Waals surface area contributed by atoms with Crippen molar-refractivity contribution in [1.29, 1.82) is 0 Å². The Labute approximate surface area is 120 Å². The van der Waals surface area contributed by atoms with Gasteiger partial charge in [-0.15, -0.1) is 12.4 Å². The highest BCUT2D eigenvalue weighted by molar-refractivity contribution is 5.85. The molecule has 0 spiro atoms. The summed E-state index contributed by atoms with van der Waals surface area (Å²) in [7, 11) is 1.56. The number of hydrogen-bond acceptors (Lipinski definition) is 4. The van der Waals surface area contributed by atoms with Crippen molar-refractivity contribution in [2.75, 3.05) is 7.11 Å². The fourth-order valence-electron chi connectivity index (χ4n) is 1.48. The van der Waals surface area contributed by atoms with Gasteiger partial charge < -0.3 is 15.8 Å². The average Bonchev–Trinajstić information content (AvgIpc) is 2.43. The van der Waals surface area contributed by atoms with E-state index in [0.29, 0.717) is 12.4 Å². The summed E-state index contributed by atoms with van der Waals surface area (Å²) in [5.41, 5.74) is 6.58. The first-order chi connectivity index (χ1) is 8.58. The van der Waals surface area contributed by atoms with Crippen molar-refractivity contribution in [1.82, 2.24) is 10.3 Å². The molecule has 1 aromatic rings. The Kier molecular flexibility index (Phi) is 8.11. The van der Waals surface area contributed by atoms with Crippen LogP contribution in [0.15, 0.2) is 18.2 Å². The van der Waals surface area contributed by atoms with Gasteiger partial charge in [-0.1, -0.05) is 26.3 Å². The largest absolute Gasteiger partial charge is 0.481 e. The van der Waals surface area contributed by atoms with Gasteiger partial charge in [0.05, 0.1) is 25.4 Å². The molecule has 19 heavy (non-hydrogen) atoms. The van der Waals surface area contributed by atoms with E-state index in [1.54, 1.807) is 13.2 Å². The van der Waals surface area contributed by atoms with Gasteiger partial charge in [-0.2, -0.15) is 0 Å². The Morgan fingerprint density at radius 2 is 2.21 bits per heavy atom. The molecule has 1 aromatic heterocycles. The monoisotopic (exact) mass is 287 g/mol. The molecule has 3 N–H and O–H groups in total. The number of nitrogens with two attached hydrogens (primary N) is 1. The third kappa shape index (κ3) is 5.44. The van der Waals surface area contributed by atoms with Crippen LogP contribution in [0.1, 0.15) is 26.0 Å². The van der Waals surface area contributed by atoms with Crippen LogP contribution in [0.25, 0.3) is 0 Å². The number of methoxy groups -OCH3 is 1. The van der Waals surface area contributed by atoms with Crippen LogP contribution in [-0.4, -0.2) is 24.0 Å². The fraction of sp³-hybridized carbons (Fsp3) is 0.538. The smallest absolute Gasteiger partial charge is 0.237 e. The predicted octanol–water partition coefficient (Wildman–Crippen LogP) is 1.50. The summed E-state index contributed by atoms with van der Waals surface area (Å²) in [6, 6.07) is 4.95. The van der Waals surface area contributed by atoms with Gasteiger partial charge in [0.15, 0.2) is 0 Å². The molecule has 1 rings (SSSR count). The van der Waals surface area contributed by atoms with Crippen molar-refractivity contribution in [3.63, 3.8) is 0 Å².